The first-order chi connectivity index (χ1) is 10.3. The van der Waals surface area contributed by atoms with Gasteiger partial charge in [0.25, 0.3) is 0 Å². The summed E-state index contributed by atoms with van der Waals surface area (Å²) in [5, 5.41) is 5.91. The molecule has 0 saturated carbocycles. The number of thiophene rings is 1. The lowest BCUT2D eigenvalue weighted by Gasteiger charge is -2.43. The highest BCUT2D eigenvalue weighted by Crippen LogP contribution is 2.31. The van der Waals surface area contributed by atoms with Gasteiger partial charge in [0.05, 0.1) is 5.60 Å². The largest absolute Gasteiger partial charge is 0.381 e. The Morgan fingerprint density at radius 1 is 1.38 bits per heavy atom. The average Bonchev–Trinajstić information content (AvgIpc) is 3.02. The normalized spacial score (nSPS) is 19.5. The molecule has 1 aliphatic rings. The number of rotatable bonds is 9. The van der Waals surface area contributed by atoms with E-state index in [9.17, 15) is 0 Å². The van der Waals surface area contributed by atoms with Gasteiger partial charge in [-0.15, -0.1) is 11.3 Å². The topological polar surface area (TPSA) is 30.5 Å². The quantitative estimate of drug-likeness (QED) is 0.755. The highest BCUT2D eigenvalue weighted by atomic mass is 32.1. The van der Waals surface area contributed by atoms with Crippen LogP contribution in [0.5, 0.6) is 0 Å². The van der Waals surface area contributed by atoms with E-state index >= 15 is 0 Å². The molecule has 0 aromatic carbocycles. The van der Waals surface area contributed by atoms with Crippen LogP contribution in [0.25, 0.3) is 0 Å². The third kappa shape index (κ3) is 4.78. The molecule has 0 bridgehead atoms. The van der Waals surface area contributed by atoms with Crippen molar-refractivity contribution in [2.45, 2.75) is 57.6 Å². The van der Waals surface area contributed by atoms with Crippen LogP contribution < -0.4 is 5.32 Å². The Balaban J connectivity index is 2.03. The Bertz CT molecular complexity index is 369. The first-order valence-corrected chi connectivity index (χ1v) is 9.16. The van der Waals surface area contributed by atoms with Crippen molar-refractivity contribution in [1.29, 1.82) is 0 Å². The van der Waals surface area contributed by atoms with Crippen LogP contribution in [-0.2, 0) is 15.9 Å². The van der Waals surface area contributed by atoms with Crippen molar-refractivity contribution in [1.82, 2.24) is 5.32 Å². The SMILES string of the molecule is CCCNC(CCc1cccs1)C1(OCC)CCOCC1. The molecule has 1 unspecified atom stereocenters. The molecule has 0 radical (unpaired) electrons. The molecule has 1 N–H and O–H groups in total. The van der Waals surface area contributed by atoms with Crippen LogP contribution >= 0.6 is 11.3 Å². The van der Waals surface area contributed by atoms with E-state index in [4.69, 9.17) is 9.47 Å². The summed E-state index contributed by atoms with van der Waals surface area (Å²) >= 11 is 1.85. The highest BCUT2D eigenvalue weighted by Gasteiger charge is 2.40. The van der Waals surface area contributed by atoms with Crippen molar-refractivity contribution < 1.29 is 9.47 Å². The van der Waals surface area contributed by atoms with Gasteiger partial charge in [0.1, 0.15) is 0 Å². The third-order valence-corrected chi connectivity index (χ3v) is 5.24. The molecule has 2 heterocycles. The Morgan fingerprint density at radius 3 is 2.81 bits per heavy atom. The summed E-state index contributed by atoms with van der Waals surface area (Å²) in [6.07, 6.45) is 5.45. The Hall–Kier alpha value is -0.420. The van der Waals surface area contributed by atoms with Crippen molar-refractivity contribution in [3.63, 3.8) is 0 Å². The summed E-state index contributed by atoms with van der Waals surface area (Å²) in [5.41, 5.74) is -0.0422. The van der Waals surface area contributed by atoms with Crippen LogP contribution in [0, 0.1) is 0 Å². The summed E-state index contributed by atoms with van der Waals surface area (Å²) in [6, 6.07) is 4.79. The molecule has 120 valence electrons. The number of hydrogen-bond acceptors (Lipinski definition) is 4. The van der Waals surface area contributed by atoms with Gasteiger partial charge >= 0.3 is 0 Å². The third-order valence-electron chi connectivity index (χ3n) is 4.31. The second kappa shape index (κ2) is 8.89. The van der Waals surface area contributed by atoms with Crippen LogP contribution in [-0.4, -0.2) is 38.0 Å². The van der Waals surface area contributed by atoms with E-state index in [-0.39, 0.29) is 5.60 Å². The molecule has 1 saturated heterocycles. The standard InChI is InChI=1S/C17H29NO2S/c1-3-11-18-16(8-7-15-6-5-14-21-15)17(20-4-2)9-12-19-13-10-17/h5-6,14,16,18H,3-4,7-13H2,1-2H3. The number of aryl methyl sites for hydroxylation is 1. The zero-order valence-corrected chi connectivity index (χ0v) is 14.2. The Kier molecular flexibility index (Phi) is 7.17. The van der Waals surface area contributed by atoms with Crippen molar-refractivity contribution in [2.24, 2.45) is 0 Å². The van der Waals surface area contributed by atoms with Gasteiger partial charge in [-0.05, 0) is 44.2 Å². The summed E-state index contributed by atoms with van der Waals surface area (Å²) in [6.45, 7) is 7.81. The average molecular weight is 311 g/mol. The van der Waals surface area contributed by atoms with E-state index in [1.54, 1.807) is 0 Å². The fourth-order valence-electron chi connectivity index (χ4n) is 3.21. The first-order valence-electron chi connectivity index (χ1n) is 8.28. The lowest BCUT2D eigenvalue weighted by atomic mass is 9.83. The highest BCUT2D eigenvalue weighted by molar-refractivity contribution is 7.09. The Morgan fingerprint density at radius 2 is 2.19 bits per heavy atom. The molecular weight excluding hydrogens is 282 g/mol. The van der Waals surface area contributed by atoms with E-state index in [1.165, 1.54) is 4.88 Å². The lowest BCUT2D eigenvalue weighted by Crippen LogP contribution is -2.55. The zero-order chi connectivity index (χ0) is 15.0. The summed E-state index contributed by atoms with van der Waals surface area (Å²) in [7, 11) is 0. The van der Waals surface area contributed by atoms with Crippen molar-refractivity contribution >= 4 is 11.3 Å². The van der Waals surface area contributed by atoms with Gasteiger partial charge in [0.15, 0.2) is 0 Å². The zero-order valence-electron chi connectivity index (χ0n) is 13.4. The maximum Gasteiger partial charge on any atom is 0.0878 e. The maximum atomic E-state index is 6.26. The van der Waals surface area contributed by atoms with Crippen LogP contribution in [0.3, 0.4) is 0 Å². The van der Waals surface area contributed by atoms with Gasteiger partial charge in [-0.25, -0.2) is 0 Å². The molecule has 1 atom stereocenters. The molecule has 0 aliphatic carbocycles. The second-order valence-electron chi connectivity index (χ2n) is 5.73. The molecule has 3 nitrogen and oxygen atoms in total. The van der Waals surface area contributed by atoms with Crippen LogP contribution in [0.4, 0.5) is 0 Å². The lowest BCUT2D eigenvalue weighted by molar-refractivity contribution is -0.127. The van der Waals surface area contributed by atoms with E-state index in [0.29, 0.717) is 6.04 Å². The second-order valence-corrected chi connectivity index (χ2v) is 6.77. The van der Waals surface area contributed by atoms with E-state index in [0.717, 1.165) is 58.5 Å². The molecule has 1 aromatic rings. The molecule has 21 heavy (non-hydrogen) atoms. The minimum atomic E-state index is -0.0422. The summed E-state index contributed by atoms with van der Waals surface area (Å²) in [4.78, 5) is 1.47. The molecule has 0 spiro atoms. The van der Waals surface area contributed by atoms with Gasteiger partial charge in [-0.1, -0.05) is 13.0 Å². The van der Waals surface area contributed by atoms with Gasteiger partial charge in [-0.2, -0.15) is 0 Å². The Labute approximate surface area is 133 Å². The molecule has 1 fully saturated rings. The fraction of sp³-hybridized carbons (Fsp3) is 0.765. The number of nitrogens with one attached hydrogen (secondary N) is 1. The molecule has 1 aromatic heterocycles. The van der Waals surface area contributed by atoms with E-state index < -0.39 is 0 Å². The minimum absolute atomic E-state index is 0.0422. The van der Waals surface area contributed by atoms with E-state index in [2.05, 4.69) is 36.7 Å². The summed E-state index contributed by atoms with van der Waals surface area (Å²) < 4.78 is 11.8. The predicted molar refractivity (Wildman–Crippen MR) is 89.1 cm³/mol. The van der Waals surface area contributed by atoms with Gasteiger partial charge < -0.3 is 14.8 Å². The van der Waals surface area contributed by atoms with Gasteiger partial charge in [0, 0.05) is 43.6 Å². The van der Waals surface area contributed by atoms with Crippen LogP contribution in [0.1, 0.15) is 44.4 Å². The molecular formula is C17H29NO2S. The molecule has 0 amide bonds. The van der Waals surface area contributed by atoms with E-state index in [1.807, 2.05) is 11.3 Å². The smallest absolute Gasteiger partial charge is 0.0878 e. The van der Waals surface area contributed by atoms with Crippen LogP contribution in [0.15, 0.2) is 17.5 Å². The minimum Gasteiger partial charge on any atom is -0.381 e. The van der Waals surface area contributed by atoms with Crippen LogP contribution in [0.2, 0.25) is 0 Å². The predicted octanol–water partition coefficient (Wildman–Crippen LogP) is 3.63. The monoisotopic (exact) mass is 311 g/mol. The van der Waals surface area contributed by atoms with Gasteiger partial charge in [0.2, 0.25) is 0 Å². The van der Waals surface area contributed by atoms with Crippen molar-refractivity contribution in [2.75, 3.05) is 26.4 Å². The maximum absolute atomic E-state index is 6.26. The van der Waals surface area contributed by atoms with Gasteiger partial charge in [-0.3, -0.25) is 0 Å². The fourth-order valence-corrected chi connectivity index (χ4v) is 3.93. The van der Waals surface area contributed by atoms with Crippen molar-refractivity contribution in [3.05, 3.63) is 22.4 Å². The number of hydrogen-bond donors (Lipinski definition) is 1. The molecule has 4 heteroatoms. The van der Waals surface area contributed by atoms with Crippen molar-refractivity contribution in [3.8, 4) is 0 Å². The molecule has 2 rings (SSSR count). The summed E-state index contributed by atoms with van der Waals surface area (Å²) in [5.74, 6) is 0. The first kappa shape index (κ1) is 16.9. The molecule has 1 aliphatic heterocycles. The number of ether oxygens (including phenoxy) is 2.